The number of carbonyl (C=O) groups is 1. The van der Waals surface area contributed by atoms with Gasteiger partial charge in [0.05, 0.1) is 6.07 Å². The van der Waals surface area contributed by atoms with Crippen molar-refractivity contribution >= 4 is 11.7 Å². The maximum atomic E-state index is 12.1. The molecule has 0 unspecified atom stereocenters. The summed E-state index contributed by atoms with van der Waals surface area (Å²) in [6.45, 7) is 6.86. The van der Waals surface area contributed by atoms with Crippen molar-refractivity contribution in [3.8, 4) is 6.07 Å². The quantitative estimate of drug-likeness (QED) is 0.842. The Morgan fingerprint density at radius 3 is 2.70 bits per heavy atom. The number of benzene rings is 1. The minimum atomic E-state index is -0.467. The lowest BCUT2D eigenvalue weighted by Crippen LogP contribution is -2.39. The molecule has 0 radical (unpaired) electrons. The van der Waals surface area contributed by atoms with Crippen molar-refractivity contribution in [2.24, 2.45) is 0 Å². The van der Waals surface area contributed by atoms with Gasteiger partial charge in [-0.05, 0) is 50.3 Å². The highest BCUT2D eigenvalue weighted by atomic mass is 16.6. The average Bonchev–Trinajstić information content (AvgIpc) is 2.52. The zero-order chi connectivity index (χ0) is 16.9. The second kappa shape index (κ2) is 7.32. The Balaban J connectivity index is 2.08. The average molecular weight is 312 g/mol. The van der Waals surface area contributed by atoms with E-state index in [9.17, 15) is 4.79 Å². The van der Waals surface area contributed by atoms with Crippen LogP contribution in [0.3, 0.4) is 0 Å². The highest BCUT2D eigenvalue weighted by Crippen LogP contribution is 2.26. The van der Waals surface area contributed by atoms with E-state index < -0.39 is 5.60 Å². The molecule has 0 aromatic heterocycles. The molecule has 0 atom stereocenters. The standard InChI is InChI=1S/C19H24N2O2/c1-19(2,3)23-18(22)21-13-10-16(11-14-21)17-9-5-4-7-15(17)8-6-12-20/h4-5,7,9-10H,6,8,11,13-14H2,1-3H3. The summed E-state index contributed by atoms with van der Waals surface area (Å²) in [6.07, 6.45) is 3.93. The molecule has 0 bridgehead atoms. The lowest BCUT2D eigenvalue weighted by Gasteiger charge is -2.30. The van der Waals surface area contributed by atoms with Crippen LogP contribution in [0.5, 0.6) is 0 Å². The van der Waals surface area contributed by atoms with Crippen LogP contribution >= 0.6 is 0 Å². The van der Waals surface area contributed by atoms with Crippen LogP contribution in [-0.4, -0.2) is 29.7 Å². The van der Waals surface area contributed by atoms with Gasteiger partial charge in [-0.3, -0.25) is 0 Å². The van der Waals surface area contributed by atoms with Crippen LogP contribution in [0.25, 0.3) is 5.57 Å². The van der Waals surface area contributed by atoms with E-state index in [-0.39, 0.29) is 6.09 Å². The lowest BCUT2D eigenvalue weighted by molar-refractivity contribution is 0.0270. The van der Waals surface area contributed by atoms with Gasteiger partial charge in [-0.1, -0.05) is 30.3 Å². The Morgan fingerprint density at radius 1 is 1.35 bits per heavy atom. The summed E-state index contributed by atoms with van der Waals surface area (Å²) in [5, 5.41) is 8.79. The summed E-state index contributed by atoms with van der Waals surface area (Å²) >= 11 is 0. The topological polar surface area (TPSA) is 53.3 Å². The van der Waals surface area contributed by atoms with Gasteiger partial charge in [0.15, 0.2) is 0 Å². The minimum absolute atomic E-state index is 0.259. The van der Waals surface area contributed by atoms with Gasteiger partial charge >= 0.3 is 6.09 Å². The number of rotatable bonds is 3. The molecule has 1 aliphatic heterocycles. The predicted molar refractivity (Wildman–Crippen MR) is 90.8 cm³/mol. The summed E-state index contributed by atoms with van der Waals surface area (Å²) in [7, 11) is 0. The lowest BCUT2D eigenvalue weighted by atomic mass is 9.93. The smallest absolute Gasteiger partial charge is 0.410 e. The van der Waals surface area contributed by atoms with Crippen LogP contribution < -0.4 is 0 Å². The first-order valence-corrected chi connectivity index (χ1v) is 8.03. The van der Waals surface area contributed by atoms with Gasteiger partial charge in [0.2, 0.25) is 0 Å². The van der Waals surface area contributed by atoms with Crippen LogP contribution in [0.4, 0.5) is 4.79 Å². The van der Waals surface area contributed by atoms with E-state index in [4.69, 9.17) is 10.00 Å². The molecule has 0 saturated carbocycles. The van der Waals surface area contributed by atoms with Crippen molar-refractivity contribution < 1.29 is 9.53 Å². The molecule has 1 aromatic rings. The normalized spacial score (nSPS) is 14.9. The number of nitrogens with zero attached hydrogens (tertiary/aromatic N) is 2. The minimum Gasteiger partial charge on any atom is -0.444 e. The molecule has 0 spiro atoms. The van der Waals surface area contributed by atoms with Crippen LogP contribution in [0, 0.1) is 11.3 Å². The van der Waals surface area contributed by atoms with E-state index in [1.165, 1.54) is 16.7 Å². The second-order valence-electron chi connectivity index (χ2n) is 6.72. The molecule has 4 heteroatoms. The molecule has 1 amide bonds. The zero-order valence-corrected chi connectivity index (χ0v) is 14.1. The molecule has 1 aliphatic rings. The summed E-state index contributed by atoms with van der Waals surface area (Å²) in [5.74, 6) is 0. The highest BCUT2D eigenvalue weighted by molar-refractivity contribution is 5.73. The third kappa shape index (κ3) is 4.85. The summed E-state index contributed by atoms with van der Waals surface area (Å²) in [6, 6.07) is 10.4. The fourth-order valence-corrected chi connectivity index (χ4v) is 2.65. The maximum Gasteiger partial charge on any atom is 0.410 e. The molecule has 4 nitrogen and oxygen atoms in total. The number of nitriles is 1. The van der Waals surface area contributed by atoms with Gasteiger partial charge < -0.3 is 9.64 Å². The summed E-state index contributed by atoms with van der Waals surface area (Å²) < 4.78 is 5.42. The van der Waals surface area contributed by atoms with Crippen molar-refractivity contribution in [3.63, 3.8) is 0 Å². The molecule has 1 aromatic carbocycles. The zero-order valence-electron chi connectivity index (χ0n) is 14.1. The van der Waals surface area contributed by atoms with E-state index in [0.29, 0.717) is 19.5 Å². The number of amides is 1. The number of hydrogen-bond donors (Lipinski definition) is 0. The maximum absolute atomic E-state index is 12.1. The molecule has 0 saturated heterocycles. The molecular weight excluding hydrogens is 288 g/mol. The first-order valence-electron chi connectivity index (χ1n) is 8.03. The molecule has 122 valence electrons. The monoisotopic (exact) mass is 312 g/mol. The Labute approximate surface area is 138 Å². The van der Waals surface area contributed by atoms with Gasteiger partial charge in [-0.2, -0.15) is 5.26 Å². The van der Waals surface area contributed by atoms with Crippen molar-refractivity contribution in [1.29, 1.82) is 5.26 Å². The summed E-state index contributed by atoms with van der Waals surface area (Å²) in [4.78, 5) is 13.8. The Bertz CT molecular complexity index is 636. The molecular formula is C19H24N2O2. The Kier molecular flexibility index (Phi) is 5.44. The number of hydrogen-bond acceptors (Lipinski definition) is 3. The SMILES string of the molecule is CC(C)(C)OC(=O)N1CC=C(c2ccccc2CCC#N)CC1. The Morgan fingerprint density at radius 2 is 2.09 bits per heavy atom. The van der Waals surface area contributed by atoms with Crippen molar-refractivity contribution in [2.75, 3.05) is 13.1 Å². The van der Waals surface area contributed by atoms with E-state index in [2.05, 4.69) is 24.3 Å². The van der Waals surface area contributed by atoms with E-state index >= 15 is 0 Å². The first-order chi connectivity index (χ1) is 10.9. The molecule has 23 heavy (non-hydrogen) atoms. The van der Waals surface area contributed by atoms with Crippen LogP contribution in [0.1, 0.15) is 44.7 Å². The molecule has 2 rings (SSSR count). The second-order valence-corrected chi connectivity index (χ2v) is 6.72. The molecule has 0 N–H and O–H groups in total. The highest BCUT2D eigenvalue weighted by Gasteiger charge is 2.24. The number of carbonyl (C=O) groups excluding carboxylic acids is 1. The predicted octanol–water partition coefficient (Wildman–Crippen LogP) is 4.17. The first kappa shape index (κ1) is 17.1. The third-order valence-electron chi connectivity index (χ3n) is 3.73. The largest absolute Gasteiger partial charge is 0.444 e. The van der Waals surface area contributed by atoms with E-state index in [0.717, 1.165) is 12.8 Å². The van der Waals surface area contributed by atoms with Gasteiger partial charge in [0.1, 0.15) is 5.60 Å². The van der Waals surface area contributed by atoms with Gasteiger partial charge in [0, 0.05) is 19.5 Å². The van der Waals surface area contributed by atoms with Crippen LogP contribution in [-0.2, 0) is 11.2 Å². The van der Waals surface area contributed by atoms with Gasteiger partial charge in [-0.25, -0.2) is 4.79 Å². The van der Waals surface area contributed by atoms with E-state index in [1.54, 1.807) is 4.90 Å². The Hall–Kier alpha value is -2.28. The number of ether oxygens (including phenoxy) is 1. The van der Waals surface area contributed by atoms with Gasteiger partial charge in [0.25, 0.3) is 0 Å². The van der Waals surface area contributed by atoms with Crippen molar-refractivity contribution in [1.82, 2.24) is 4.90 Å². The fourth-order valence-electron chi connectivity index (χ4n) is 2.65. The molecule has 0 aliphatic carbocycles. The molecule has 1 heterocycles. The summed E-state index contributed by atoms with van der Waals surface area (Å²) in [5.41, 5.74) is 3.18. The molecule has 0 fully saturated rings. The number of aryl methyl sites for hydroxylation is 1. The van der Waals surface area contributed by atoms with Crippen LogP contribution in [0.2, 0.25) is 0 Å². The van der Waals surface area contributed by atoms with Crippen molar-refractivity contribution in [2.45, 2.75) is 45.6 Å². The fraction of sp³-hybridized carbons (Fsp3) is 0.474. The van der Waals surface area contributed by atoms with Gasteiger partial charge in [-0.15, -0.1) is 0 Å². The third-order valence-corrected chi connectivity index (χ3v) is 3.73. The van der Waals surface area contributed by atoms with E-state index in [1.807, 2.05) is 32.9 Å². The van der Waals surface area contributed by atoms with Crippen molar-refractivity contribution in [3.05, 3.63) is 41.5 Å². The van der Waals surface area contributed by atoms with Crippen LogP contribution in [0.15, 0.2) is 30.3 Å².